The molecule has 0 radical (unpaired) electrons. The van der Waals surface area contributed by atoms with Gasteiger partial charge in [-0.3, -0.25) is 9.58 Å². The number of aromatic nitrogens is 2. The molecule has 5 nitrogen and oxygen atoms in total. The Kier molecular flexibility index (Phi) is 5.07. The van der Waals surface area contributed by atoms with Crippen molar-refractivity contribution in [2.45, 2.75) is 59.7 Å². The van der Waals surface area contributed by atoms with Crippen molar-refractivity contribution >= 4 is 0 Å². The summed E-state index contributed by atoms with van der Waals surface area (Å²) in [6, 6.07) is 0. The number of hydrogen-bond donors (Lipinski definition) is 2. The van der Waals surface area contributed by atoms with Crippen molar-refractivity contribution in [3.8, 4) is 0 Å². The van der Waals surface area contributed by atoms with Crippen LogP contribution in [-0.2, 0) is 13.1 Å². The molecule has 0 aromatic carbocycles. The molecule has 5 heteroatoms. The summed E-state index contributed by atoms with van der Waals surface area (Å²) in [4.78, 5) is 2.43. The molecule has 1 atom stereocenters. The molecule has 0 bridgehead atoms. The van der Waals surface area contributed by atoms with E-state index in [4.69, 9.17) is 5.11 Å². The number of rotatable bonds is 4. The first-order valence-electron chi connectivity index (χ1n) is 7.86. The maximum absolute atomic E-state index is 10.0. The topological polar surface area (TPSA) is 61.5 Å². The summed E-state index contributed by atoms with van der Waals surface area (Å²) in [5.74, 6) is 0. The molecule has 2 heterocycles. The second-order valence-electron chi connectivity index (χ2n) is 7.12. The molecule has 2 rings (SSSR count). The molecule has 1 saturated heterocycles. The van der Waals surface area contributed by atoms with Gasteiger partial charge in [0.2, 0.25) is 0 Å². The summed E-state index contributed by atoms with van der Waals surface area (Å²) in [6.07, 6.45) is 1.52. The molecule has 1 fully saturated rings. The highest BCUT2D eigenvalue weighted by atomic mass is 16.3. The second kappa shape index (κ2) is 6.46. The molecule has 0 spiro atoms. The van der Waals surface area contributed by atoms with E-state index in [1.165, 1.54) is 5.56 Å². The molecule has 1 aromatic rings. The maximum Gasteiger partial charge on any atom is 0.0644 e. The largest absolute Gasteiger partial charge is 0.394 e. The first-order chi connectivity index (χ1) is 9.82. The predicted octanol–water partition coefficient (Wildman–Crippen LogP) is 1.48. The first kappa shape index (κ1) is 16.5. The number of hydrogen-bond acceptors (Lipinski definition) is 4. The van der Waals surface area contributed by atoms with Crippen LogP contribution in [0.15, 0.2) is 0 Å². The fraction of sp³-hybridized carbons (Fsp3) is 0.812. The van der Waals surface area contributed by atoms with Crippen LogP contribution in [0.3, 0.4) is 0 Å². The highest BCUT2D eigenvalue weighted by molar-refractivity contribution is 5.24. The molecule has 1 aromatic heterocycles. The Morgan fingerprint density at radius 3 is 2.71 bits per heavy atom. The van der Waals surface area contributed by atoms with E-state index in [1.54, 1.807) is 0 Å². The third-order valence-corrected chi connectivity index (χ3v) is 4.44. The quantitative estimate of drug-likeness (QED) is 0.883. The standard InChI is InChI=1S/C16H29N3O2/c1-12-15(13(2)19(17-12)7-8-20)10-18-6-5-14(21)9-16(3,4)11-18/h14,20-21H,5-11H2,1-4H3/t14-/m1/s1. The number of aliphatic hydroxyl groups excluding tert-OH is 2. The summed E-state index contributed by atoms with van der Waals surface area (Å²) in [5.41, 5.74) is 3.59. The van der Waals surface area contributed by atoms with E-state index in [2.05, 4.69) is 30.8 Å². The molecule has 1 aliphatic heterocycles. The lowest BCUT2D eigenvalue weighted by atomic mass is 9.87. The van der Waals surface area contributed by atoms with Gasteiger partial charge in [0.1, 0.15) is 0 Å². The summed E-state index contributed by atoms with van der Waals surface area (Å²) in [6.45, 7) is 12.0. The summed E-state index contributed by atoms with van der Waals surface area (Å²) < 4.78 is 1.89. The molecule has 0 amide bonds. The number of aryl methyl sites for hydroxylation is 1. The van der Waals surface area contributed by atoms with Crippen LogP contribution in [-0.4, -0.2) is 50.7 Å². The molecule has 120 valence electrons. The Morgan fingerprint density at radius 2 is 2.05 bits per heavy atom. The number of likely N-dealkylation sites (tertiary alicyclic amines) is 1. The SMILES string of the molecule is Cc1nn(CCO)c(C)c1CN1CC[C@@H](O)CC(C)(C)C1. The van der Waals surface area contributed by atoms with Gasteiger partial charge in [0.05, 0.1) is 24.9 Å². The number of nitrogens with zero attached hydrogens (tertiary/aromatic N) is 3. The summed E-state index contributed by atoms with van der Waals surface area (Å²) in [7, 11) is 0. The molecule has 1 aliphatic rings. The molecular weight excluding hydrogens is 266 g/mol. The van der Waals surface area contributed by atoms with E-state index in [0.717, 1.165) is 43.9 Å². The first-order valence-corrected chi connectivity index (χ1v) is 7.86. The average molecular weight is 295 g/mol. The minimum absolute atomic E-state index is 0.115. The van der Waals surface area contributed by atoms with Gasteiger partial charge in [0, 0.05) is 30.9 Å². The molecule has 21 heavy (non-hydrogen) atoms. The van der Waals surface area contributed by atoms with Crippen LogP contribution in [0.5, 0.6) is 0 Å². The van der Waals surface area contributed by atoms with Gasteiger partial charge in [0.15, 0.2) is 0 Å². The third-order valence-electron chi connectivity index (χ3n) is 4.44. The zero-order valence-corrected chi connectivity index (χ0v) is 13.8. The Morgan fingerprint density at radius 1 is 1.33 bits per heavy atom. The monoisotopic (exact) mass is 295 g/mol. The zero-order chi connectivity index (χ0) is 15.6. The minimum Gasteiger partial charge on any atom is -0.394 e. The van der Waals surface area contributed by atoms with E-state index < -0.39 is 0 Å². The maximum atomic E-state index is 10.0. The molecular formula is C16H29N3O2. The van der Waals surface area contributed by atoms with Gasteiger partial charge in [0.25, 0.3) is 0 Å². The van der Waals surface area contributed by atoms with Crippen molar-refractivity contribution in [1.82, 2.24) is 14.7 Å². The lowest BCUT2D eigenvalue weighted by molar-refractivity contribution is 0.121. The van der Waals surface area contributed by atoms with Crippen LogP contribution < -0.4 is 0 Å². The van der Waals surface area contributed by atoms with Crippen molar-refractivity contribution in [1.29, 1.82) is 0 Å². The van der Waals surface area contributed by atoms with Gasteiger partial charge in [-0.15, -0.1) is 0 Å². The highest BCUT2D eigenvalue weighted by Gasteiger charge is 2.29. The van der Waals surface area contributed by atoms with Crippen LogP contribution in [0.2, 0.25) is 0 Å². The van der Waals surface area contributed by atoms with Crippen LogP contribution in [0, 0.1) is 19.3 Å². The van der Waals surface area contributed by atoms with Crippen molar-refractivity contribution in [2.24, 2.45) is 5.41 Å². The van der Waals surface area contributed by atoms with E-state index in [1.807, 2.05) is 11.6 Å². The zero-order valence-electron chi connectivity index (χ0n) is 13.8. The number of aliphatic hydroxyl groups is 2. The molecule has 0 saturated carbocycles. The van der Waals surface area contributed by atoms with Crippen molar-refractivity contribution < 1.29 is 10.2 Å². The predicted molar refractivity (Wildman–Crippen MR) is 83.1 cm³/mol. The van der Waals surface area contributed by atoms with Crippen LogP contribution in [0.25, 0.3) is 0 Å². The normalized spacial score (nSPS) is 23.2. The van der Waals surface area contributed by atoms with E-state index in [0.29, 0.717) is 6.54 Å². The average Bonchev–Trinajstić information content (AvgIpc) is 2.55. The van der Waals surface area contributed by atoms with Crippen molar-refractivity contribution in [2.75, 3.05) is 19.7 Å². The fourth-order valence-electron chi connectivity index (χ4n) is 3.45. The highest BCUT2D eigenvalue weighted by Crippen LogP contribution is 2.29. The molecule has 0 unspecified atom stereocenters. The van der Waals surface area contributed by atoms with Gasteiger partial charge in [-0.1, -0.05) is 13.8 Å². The van der Waals surface area contributed by atoms with Gasteiger partial charge in [-0.2, -0.15) is 5.10 Å². The Hall–Kier alpha value is -0.910. The van der Waals surface area contributed by atoms with Crippen LogP contribution >= 0.6 is 0 Å². The summed E-state index contributed by atoms with van der Waals surface area (Å²) >= 11 is 0. The van der Waals surface area contributed by atoms with Crippen molar-refractivity contribution in [3.05, 3.63) is 17.0 Å². The van der Waals surface area contributed by atoms with Gasteiger partial charge in [-0.25, -0.2) is 0 Å². The van der Waals surface area contributed by atoms with Gasteiger partial charge < -0.3 is 10.2 Å². The minimum atomic E-state index is -0.190. The van der Waals surface area contributed by atoms with E-state index in [-0.39, 0.29) is 18.1 Å². The van der Waals surface area contributed by atoms with Crippen LogP contribution in [0.4, 0.5) is 0 Å². The smallest absolute Gasteiger partial charge is 0.0644 e. The van der Waals surface area contributed by atoms with Crippen molar-refractivity contribution in [3.63, 3.8) is 0 Å². The molecule has 0 aliphatic carbocycles. The van der Waals surface area contributed by atoms with E-state index >= 15 is 0 Å². The van der Waals surface area contributed by atoms with Crippen LogP contribution in [0.1, 0.15) is 43.6 Å². The second-order valence-corrected chi connectivity index (χ2v) is 7.12. The fourth-order valence-corrected chi connectivity index (χ4v) is 3.45. The van der Waals surface area contributed by atoms with Gasteiger partial charge in [-0.05, 0) is 32.1 Å². The lowest BCUT2D eigenvalue weighted by Crippen LogP contribution is -2.32. The van der Waals surface area contributed by atoms with E-state index in [9.17, 15) is 5.11 Å². The Balaban J connectivity index is 2.14. The Bertz CT molecular complexity index is 482. The molecule has 2 N–H and O–H groups in total. The Labute approximate surface area is 127 Å². The van der Waals surface area contributed by atoms with Gasteiger partial charge >= 0.3 is 0 Å². The lowest BCUT2D eigenvalue weighted by Gasteiger charge is -2.29. The summed E-state index contributed by atoms with van der Waals surface area (Å²) in [5, 5.41) is 23.6. The third kappa shape index (κ3) is 4.05.